The Balaban J connectivity index is 1.50. The van der Waals surface area contributed by atoms with Crippen molar-refractivity contribution in [3.63, 3.8) is 0 Å². The third-order valence-corrected chi connectivity index (χ3v) is 4.33. The van der Waals surface area contributed by atoms with Gasteiger partial charge in [0.15, 0.2) is 5.79 Å². The second kappa shape index (κ2) is 4.84. The van der Waals surface area contributed by atoms with Crippen LogP contribution in [0.2, 0.25) is 0 Å². The molecule has 2 aliphatic heterocycles. The number of rotatable bonds is 2. The van der Waals surface area contributed by atoms with E-state index < -0.39 is 0 Å². The fraction of sp³-hybridized carbons (Fsp3) is 1.00. The van der Waals surface area contributed by atoms with Gasteiger partial charge in [0, 0.05) is 32.1 Å². The third-order valence-electron chi connectivity index (χ3n) is 4.33. The summed E-state index contributed by atoms with van der Waals surface area (Å²) in [6.07, 6.45) is 6.53. The van der Waals surface area contributed by atoms with E-state index >= 15 is 0 Å². The van der Waals surface area contributed by atoms with Gasteiger partial charge < -0.3 is 19.9 Å². The van der Waals surface area contributed by atoms with E-state index in [2.05, 4.69) is 0 Å². The van der Waals surface area contributed by atoms with Crippen LogP contribution in [-0.2, 0) is 14.2 Å². The summed E-state index contributed by atoms with van der Waals surface area (Å²) in [7, 11) is 0. The van der Waals surface area contributed by atoms with Crippen LogP contribution in [0.15, 0.2) is 0 Å². The molecule has 1 saturated carbocycles. The predicted octanol–water partition coefficient (Wildman–Crippen LogP) is 1.43. The highest BCUT2D eigenvalue weighted by atomic mass is 16.7. The maximum absolute atomic E-state index is 6.17. The van der Waals surface area contributed by atoms with E-state index in [1.54, 1.807) is 0 Å². The first-order chi connectivity index (χ1) is 8.26. The molecule has 4 nitrogen and oxygen atoms in total. The molecule has 0 aromatic rings. The minimum Gasteiger partial charge on any atom is -0.381 e. The van der Waals surface area contributed by atoms with Crippen LogP contribution in [-0.4, -0.2) is 37.8 Å². The van der Waals surface area contributed by atoms with Gasteiger partial charge in [0.25, 0.3) is 0 Å². The topological polar surface area (TPSA) is 53.7 Å². The van der Waals surface area contributed by atoms with Crippen LogP contribution in [0.1, 0.15) is 38.5 Å². The Bertz CT molecular complexity index is 257. The van der Waals surface area contributed by atoms with E-state index in [1.807, 2.05) is 0 Å². The van der Waals surface area contributed by atoms with Gasteiger partial charge in [-0.05, 0) is 31.6 Å². The number of ether oxygens (including phenoxy) is 3. The van der Waals surface area contributed by atoms with Crippen LogP contribution in [0.5, 0.6) is 0 Å². The van der Waals surface area contributed by atoms with Gasteiger partial charge in [0.1, 0.15) is 0 Å². The van der Waals surface area contributed by atoms with Crippen molar-refractivity contribution in [2.75, 3.05) is 19.8 Å². The fourth-order valence-electron chi connectivity index (χ4n) is 3.22. The average Bonchev–Trinajstić information content (AvgIpc) is 2.95. The minimum absolute atomic E-state index is 0.274. The van der Waals surface area contributed by atoms with Crippen molar-refractivity contribution >= 4 is 0 Å². The third kappa shape index (κ3) is 2.65. The van der Waals surface area contributed by atoms with Gasteiger partial charge in [-0.3, -0.25) is 0 Å². The quantitative estimate of drug-likeness (QED) is 0.794. The van der Waals surface area contributed by atoms with Gasteiger partial charge in [0.05, 0.1) is 12.7 Å². The van der Waals surface area contributed by atoms with E-state index in [-0.39, 0.29) is 11.9 Å². The highest BCUT2D eigenvalue weighted by molar-refractivity contribution is 4.87. The second-order valence-electron chi connectivity index (χ2n) is 5.76. The Morgan fingerprint density at radius 2 is 1.94 bits per heavy atom. The van der Waals surface area contributed by atoms with Gasteiger partial charge in [-0.15, -0.1) is 0 Å². The molecule has 0 aromatic carbocycles. The first-order valence-corrected chi connectivity index (χ1v) is 6.91. The standard InChI is InChI=1S/C13H23NO3/c14-11-1-4-13(5-2-11)16-9-12(17-13)7-10-3-6-15-8-10/h10-12H,1-9,14H2. The molecular formula is C13H23NO3. The second-order valence-corrected chi connectivity index (χ2v) is 5.76. The molecule has 3 aliphatic rings. The molecule has 2 unspecified atom stereocenters. The van der Waals surface area contributed by atoms with E-state index in [0.29, 0.717) is 12.0 Å². The maximum Gasteiger partial charge on any atom is 0.169 e. The minimum atomic E-state index is -0.292. The highest BCUT2D eigenvalue weighted by Crippen LogP contribution is 2.39. The smallest absolute Gasteiger partial charge is 0.169 e. The Hall–Kier alpha value is -0.160. The molecule has 4 heteroatoms. The van der Waals surface area contributed by atoms with Crippen molar-refractivity contribution in [1.82, 2.24) is 0 Å². The lowest BCUT2D eigenvalue weighted by Gasteiger charge is -2.34. The van der Waals surface area contributed by atoms with Crippen LogP contribution >= 0.6 is 0 Å². The summed E-state index contributed by atoms with van der Waals surface area (Å²) in [5.41, 5.74) is 5.92. The van der Waals surface area contributed by atoms with Crippen molar-refractivity contribution in [1.29, 1.82) is 0 Å². The molecule has 0 aromatic heterocycles. The van der Waals surface area contributed by atoms with Gasteiger partial charge in [-0.1, -0.05) is 0 Å². The first-order valence-electron chi connectivity index (χ1n) is 6.91. The zero-order valence-corrected chi connectivity index (χ0v) is 10.4. The Morgan fingerprint density at radius 3 is 2.65 bits per heavy atom. The number of hydrogen-bond acceptors (Lipinski definition) is 4. The van der Waals surface area contributed by atoms with Crippen molar-refractivity contribution in [2.45, 2.75) is 56.5 Å². The van der Waals surface area contributed by atoms with E-state index in [9.17, 15) is 0 Å². The van der Waals surface area contributed by atoms with E-state index in [4.69, 9.17) is 19.9 Å². The van der Waals surface area contributed by atoms with Gasteiger partial charge in [-0.25, -0.2) is 0 Å². The normalized spacial score (nSPS) is 46.8. The molecule has 0 bridgehead atoms. The zero-order valence-electron chi connectivity index (χ0n) is 10.4. The van der Waals surface area contributed by atoms with Crippen LogP contribution in [0, 0.1) is 5.92 Å². The zero-order chi connectivity index (χ0) is 11.7. The molecule has 2 heterocycles. The molecule has 2 saturated heterocycles. The van der Waals surface area contributed by atoms with Crippen molar-refractivity contribution < 1.29 is 14.2 Å². The maximum atomic E-state index is 6.17. The largest absolute Gasteiger partial charge is 0.381 e. The summed E-state index contributed by atoms with van der Waals surface area (Å²) >= 11 is 0. The lowest BCUT2D eigenvalue weighted by atomic mass is 9.90. The molecule has 1 spiro atoms. The molecule has 2 N–H and O–H groups in total. The van der Waals surface area contributed by atoms with Gasteiger partial charge in [0.2, 0.25) is 0 Å². The van der Waals surface area contributed by atoms with E-state index in [0.717, 1.165) is 51.9 Å². The SMILES string of the molecule is NC1CCC2(CC1)OCC(CC1CCOC1)O2. The molecule has 2 atom stereocenters. The monoisotopic (exact) mass is 241 g/mol. The van der Waals surface area contributed by atoms with Crippen molar-refractivity contribution in [3.05, 3.63) is 0 Å². The molecule has 98 valence electrons. The summed E-state index contributed by atoms with van der Waals surface area (Å²) in [6, 6.07) is 0.343. The lowest BCUT2D eigenvalue weighted by Crippen LogP contribution is -2.40. The van der Waals surface area contributed by atoms with Gasteiger partial charge in [-0.2, -0.15) is 0 Å². The summed E-state index contributed by atoms with van der Waals surface area (Å²) < 4.78 is 17.5. The van der Waals surface area contributed by atoms with Crippen molar-refractivity contribution in [2.24, 2.45) is 11.7 Å². The Morgan fingerprint density at radius 1 is 1.12 bits per heavy atom. The number of hydrogen-bond donors (Lipinski definition) is 1. The predicted molar refractivity (Wildman–Crippen MR) is 63.5 cm³/mol. The van der Waals surface area contributed by atoms with Crippen LogP contribution < -0.4 is 5.73 Å². The van der Waals surface area contributed by atoms with E-state index in [1.165, 1.54) is 6.42 Å². The summed E-state index contributed by atoms with van der Waals surface area (Å²) in [4.78, 5) is 0. The van der Waals surface area contributed by atoms with Crippen LogP contribution in [0.3, 0.4) is 0 Å². The van der Waals surface area contributed by atoms with Gasteiger partial charge >= 0.3 is 0 Å². The average molecular weight is 241 g/mol. The summed E-state index contributed by atoms with van der Waals surface area (Å²) in [5.74, 6) is 0.379. The molecule has 0 amide bonds. The molecule has 1 aliphatic carbocycles. The Kier molecular flexibility index (Phi) is 3.39. The van der Waals surface area contributed by atoms with Crippen LogP contribution in [0.25, 0.3) is 0 Å². The molecule has 17 heavy (non-hydrogen) atoms. The Labute approximate surface area is 103 Å². The van der Waals surface area contributed by atoms with Crippen molar-refractivity contribution in [3.8, 4) is 0 Å². The molecule has 0 radical (unpaired) electrons. The van der Waals surface area contributed by atoms with Crippen LogP contribution in [0.4, 0.5) is 0 Å². The summed E-state index contributed by atoms with van der Waals surface area (Å²) in [6.45, 7) is 2.57. The lowest BCUT2D eigenvalue weighted by molar-refractivity contribution is -0.189. The molecule has 3 rings (SSSR count). The first kappa shape index (κ1) is 11.9. The molecular weight excluding hydrogens is 218 g/mol. The summed E-state index contributed by atoms with van der Waals surface area (Å²) in [5, 5.41) is 0. The number of nitrogens with two attached hydrogens (primary N) is 1. The highest BCUT2D eigenvalue weighted by Gasteiger charge is 2.44. The molecule has 3 fully saturated rings. The fourth-order valence-corrected chi connectivity index (χ4v) is 3.22.